The molecule has 0 aromatic carbocycles. The highest BCUT2D eigenvalue weighted by Crippen LogP contribution is 2.15. The summed E-state index contributed by atoms with van der Waals surface area (Å²) in [5.74, 6) is -3.30. The number of imide groups is 1. The quantitative estimate of drug-likeness (QED) is 0.303. The van der Waals surface area contributed by atoms with Crippen molar-refractivity contribution in [2.75, 3.05) is 0 Å². The molecule has 2 amide bonds. The highest BCUT2D eigenvalue weighted by atomic mass is 16.5. The van der Waals surface area contributed by atoms with Gasteiger partial charge in [0.25, 0.3) is 0 Å². The topological polar surface area (TPSA) is 101 Å². The van der Waals surface area contributed by atoms with Crippen molar-refractivity contribution >= 4 is 23.8 Å². The first-order valence-corrected chi connectivity index (χ1v) is 9.27. The molecule has 1 atom stereocenters. The summed E-state index contributed by atoms with van der Waals surface area (Å²) in [6.07, 6.45) is 6.78. The van der Waals surface area contributed by atoms with Crippen LogP contribution in [0.4, 0.5) is 0 Å². The van der Waals surface area contributed by atoms with Crippen molar-refractivity contribution in [3.8, 4) is 0 Å². The average molecular weight is 369 g/mol. The third-order valence-corrected chi connectivity index (χ3v) is 3.82. The van der Waals surface area contributed by atoms with E-state index in [1.54, 1.807) is 6.92 Å². The average Bonchev–Trinajstić information content (AvgIpc) is 2.59. The number of carboxylic acid groups (broad SMARTS) is 1. The maximum atomic E-state index is 12.5. The zero-order valence-corrected chi connectivity index (χ0v) is 16.0. The number of hydrogen-bond acceptors (Lipinski definition) is 5. The predicted molar refractivity (Wildman–Crippen MR) is 97.1 cm³/mol. The van der Waals surface area contributed by atoms with E-state index in [-0.39, 0.29) is 12.8 Å². The van der Waals surface area contributed by atoms with Gasteiger partial charge in [-0.3, -0.25) is 19.3 Å². The van der Waals surface area contributed by atoms with E-state index in [4.69, 9.17) is 4.74 Å². The fourth-order valence-electron chi connectivity index (χ4n) is 2.42. The van der Waals surface area contributed by atoms with Crippen LogP contribution in [0.25, 0.3) is 0 Å². The minimum absolute atomic E-state index is 0.0844. The van der Waals surface area contributed by atoms with Gasteiger partial charge >= 0.3 is 11.9 Å². The van der Waals surface area contributed by atoms with Crippen LogP contribution in [0.1, 0.15) is 78.6 Å². The van der Waals surface area contributed by atoms with E-state index >= 15 is 0 Å². The van der Waals surface area contributed by atoms with Gasteiger partial charge in [-0.2, -0.15) is 0 Å². The Morgan fingerprint density at radius 2 is 1.46 bits per heavy atom. The fourth-order valence-corrected chi connectivity index (χ4v) is 2.42. The maximum absolute atomic E-state index is 12.5. The van der Waals surface area contributed by atoms with Gasteiger partial charge in [-0.25, -0.2) is 4.79 Å². The van der Waals surface area contributed by atoms with E-state index < -0.39 is 36.2 Å². The molecule has 0 heterocycles. The van der Waals surface area contributed by atoms with Crippen LogP contribution in [0, 0.1) is 0 Å². The second-order valence-electron chi connectivity index (χ2n) is 6.09. The first kappa shape index (κ1) is 23.8. The Balaban J connectivity index is 5.30. The highest BCUT2D eigenvalue weighted by molar-refractivity contribution is 6.00. The van der Waals surface area contributed by atoms with Crippen LogP contribution in [0.15, 0.2) is 12.3 Å². The Hall–Kier alpha value is -2.18. The van der Waals surface area contributed by atoms with Crippen LogP contribution >= 0.6 is 0 Å². The number of aliphatic carboxylic acids is 1. The fraction of sp³-hybridized carbons (Fsp3) is 0.684. The van der Waals surface area contributed by atoms with Crippen LogP contribution in [-0.2, 0) is 23.9 Å². The third-order valence-electron chi connectivity index (χ3n) is 3.82. The number of carbonyl (C=O) groups is 4. The zero-order chi connectivity index (χ0) is 19.9. The molecule has 7 heteroatoms. The molecule has 0 aliphatic rings. The second kappa shape index (κ2) is 14.0. The first-order chi connectivity index (χ1) is 12.4. The molecule has 0 spiro atoms. The molecule has 1 unspecified atom stereocenters. The lowest BCUT2D eigenvalue weighted by Crippen LogP contribution is -2.49. The molecule has 0 fully saturated rings. The first-order valence-electron chi connectivity index (χ1n) is 9.27. The smallest absolute Gasteiger partial charge is 0.327 e. The van der Waals surface area contributed by atoms with Crippen molar-refractivity contribution in [3.05, 3.63) is 12.3 Å². The maximum Gasteiger partial charge on any atom is 0.327 e. The standard InChI is InChI=1S/C19H31NO6/c1-4-7-9-11-16(21)20(17(22)12-10-8-5-2)15(19(24)25)14-18(23)26-13-6-3/h6,13,15H,4-5,7-12,14H2,1-3H3,(H,24,25)/b13-6+. The predicted octanol–water partition coefficient (Wildman–Crippen LogP) is 3.42. The number of carboxylic acids is 1. The number of nitrogens with zero attached hydrogens (tertiary/aromatic N) is 1. The number of carbonyl (C=O) groups excluding carboxylic acids is 3. The molecule has 26 heavy (non-hydrogen) atoms. The summed E-state index contributed by atoms with van der Waals surface area (Å²) in [4.78, 5) is 49.2. The SMILES string of the molecule is C/C=C/OC(=O)CC(C(=O)O)N(C(=O)CCCCC)C(=O)CCCCC. The Labute approximate surface area is 155 Å². The number of amides is 2. The molecule has 1 N–H and O–H groups in total. The van der Waals surface area contributed by atoms with Crippen molar-refractivity contribution in [1.29, 1.82) is 0 Å². The number of hydrogen-bond donors (Lipinski definition) is 1. The number of esters is 1. The number of unbranched alkanes of at least 4 members (excludes halogenated alkanes) is 4. The summed E-state index contributed by atoms with van der Waals surface area (Å²) >= 11 is 0. The Kier molecular flexibility index (Phi) is 12.9. The zero-order valence-electron chi connectivity index (χ0n) is 16.0. The van der Waals surface area contributed by atoms with Crippen LogP contribution < -0.4 is 0 Å². The molecule has 0 aliphatic carbocycles. The Morgan fingerprint density at radius 1 is 0.962 bits per heavy atom. The molecule has 0 bridgehead atoms. The van der Waals surface area contributed by atoms with Gasteiger partial charge in [0, 0.05) is 12.8 Å². The van der Waals surface area contributed by atoms with E-state index in [0.717, 1.165) is 36.8 Å². The summed E-state index contributed by atoms with van der Waals surface area (Å²) in [7, 11) is 0. The van der Waals surface area contributed by atoms with E-state index in [9.17, 15) is 24.3 Å². The van der Waals surface area contributed by atoms with Gasteiger partial charge in [0.1, 0.15) is 6.04 Å². The monoisotopic (exact) mass is 369 g/mol. The summed E-state index contributed by atoms with van der Waals surface area (Å²) in [6, 6.07) is -1.55. The molecule has 0 aromatic rings. The van der Waals surface area contributed by atoms with Gasteiger partial charge < -0.3 is 9.84 Å². The van der Waals surface area contributed by atoms with Gasteiger partial charge in [0.15, 0.2) is 0 Å². The molecule has 0 rings (SSSR count). The summed E-state index contributed by atoms with van der Waals surface area (Å²) in [5.41, 5.74) is 0. The van der Waals surface area contributed by atoms with Gasteiger partial charge in [-0.1, -0.05) is 45.6 Å². The minimum Gasteiger partial charge on any atom is -0.480 e. The lowest BCUT2D eigenvalue weighted by atomic mass is 10.1. The van der Waals surface area contributed by atoms with Crippen LogP contribution in [0.5, 0.6) is 0 Å². The van der Waals surface area contributed by atoms with Gasteiger partial charge in [0.2, 0.25) is 11.8 Å². The van der Waals surface area contributed by atoms with Crippen LogP contribution in [0.3, 0.4) is 0 Å². The Morgan fingerprint density at radius 3 is 1.85 bits per heavy atom. The minimum atomic E-state index is -1.55. The highest BCUT2D eigenvalue weighted by Gasteiger charge is 2.36. The van der Waals surface area contributed by atoms with Crippen molar-refractivity contribution in [3.63, 3.8) is 0 Å². The molecule has 0 aliphatic heterocycles. The van der Waals surface area contributed by atoms with Crippen molar-refractivity contribution in [2.24, 2.45) is 0 Å². The van der Waals surface area contributed by atoms with Crippen LogP contribution in [0.2, 0.25) is 0 Å². The number of allylic oxidation sites excluding steroid dienone is 1. The summed E-state index contributed by atoms with van der Waals surface area (Å²) < 4.78 is 4.75. The van der Waals surface area contributed by atoms with E-state index in [1.165, 1.54) is 6.08 Å². The van der Waals surface area contributed by atoms with E-state index in [2.05, 4.69) is 0 Å². The normalized spacial score (nSPS) is 12.0. The van der Waals surface area contributed by atoms with Crippen LogP contribution in [-0.4, -0.2) is 39.8 Å². The summed E-state index contributed by atoms with van der Waals surface area (Å²) in [6.45, 7) is 5.60. The van der Waals surface area contributed by atoms with Gasteiger partial charge in [-0.15, -0.1) is 0 Å². The van der Waals surface area contributed by atoms with E-state index in [1.807, 2.05) is 13.8 Å². The Bertz CT molecular complexity index is 478. The molecule has 0 aromatic heterocycles. The lowest BCUT2D eigenvalue weighted by Gasteiger charge is -2.27. The van der Waals surface area contributed by atoms with Crippen molar-refractivity contribution in [1.82, 2.24) is 4.90 Å². The molecule has 0 saturated heterocycles. The summed E-state index contributed by atoms with van der Waals surface area (Å²) in [5, 5.41) is 9.49. The molecular formula is C19H31NO6. The largest absolute Gasteiger partial charge is 0.480 e. The molecule has 7 nitrogen and oxygen atoms in total. The molecule has 0 saturated carbocycles. The molecule has 148 valence electrons. The number of ether oxygens (including phenoxy) is 1. The van der Waals surface area contributed by atoms with Gasteiger partial charge in [0.05, 0.1) is 12.7 Å². The molecule has 0 radical (unpaired) electrons. The van der Waals surface area contributed by atoms with Crippen molar-refractivity contribution in [2.45, 2.75) is 84.6 Å². The third kappa shape index (κ3) is 9.34. The van der Waals surface area contributed by atoms with E-state index in [0.29, 0.717) is 12.8 Å². The second-order valence-corrected chi connectivity index (χ2v) is 6.09. The lowest BCUT2D eigenvalue weighted by molar-refractivity contribution is -0.160. The van der Waals surface area contributed by atoms with Gasteiger partial charge in [-0.05, 0) is 19.8 Å². The van der Waals surface area contributed by atoms with Crippen molar-refractivity contribution < 1.29 is 29.0 Å². The molecular weight excluding hydrogens is 338 g/mol. The number of rotatable bonds is 13.